The number of non-ortho nitro benzene ring substituents is 1. The summed E-state index contributed by atoms with van der Waals surface area (Å²) >= 11 is 0. The number of aryl methyl sites for hydroxylation is 1. The molecular weight excluding hydrogens is 400 g/mol. The lowest BCUT2D eigenvalue weighted by molar-refractivity contribution is -0.384. The van der Waals surface area contributed by atoms with Gasteiger partial charge in [0.2, 0.25) is 0 Å². The highest BCUT2D eigenvalue weighted by Gasteiger charge is 2.51. The van der Waals surface area contributed by atoms with Gasteiger partial charge in [-0.15, -0.1) is 0 Å². The van der Waals surface area contributed by atoms with Crippen LogP contribution in [0.25, 0.3) is 0 Å². The number of aromatic hydroxyl groups is 1. The van der Waals surface area contributed by atoms with Crippen LogP contribution in [-0.2, 0) is 18.4 Å². The van der Waals surface area contributed by atoms with Crippen molar-refractivity contribution in [2.24, 2.45) is 11.3 Å². The van der Waals surface area contributed by atoms with Crippen LogP contribution in [0.1, 0.15) is 81.5 Å². The first-order valence-electron chi connectivity index (χ1n) is 11.9. The normalized spacial score (nSPS) is 27.1. The molecule has 2 aromatic rings. The molecule has 0 bridgehead atoms. The first-order chi connectivity index (χ1) is 15.1. The van der Waals surface area contributed by atoms with E-state index in [0.717, 1.165) is 13.0 Å². The minimum absolute atomic E-state index is 0.0145. The summed E-state index contributed by atoms with van der Waals surface area (Å²) in [6.07, 6.45) is 5.95. The van der Waals surface area contributed by atoms with Gasteiger partial charge in [-0.3, -0.25) is 10.1 Å². The van der Waals surface area contributed by atoms with E-state index in [9.17, 15) is 15.2 Å². The van der Waals surface area contributed by atoms with Crippen molar-refractivity contribution in [2.75, 3.05) is 6.54 Å². The molecule has 2 aromatic carbocycles. The number of nitrogens with one attached hydrogen (secondary N) is 1. The third kappa shape index (κ3) is 4.03. The molecule has 0 spiro atoms. The first-order valence-corrected chi connectivity index (χ1v) is 11.9. The molecule has 172 valence electrons. The monoisotopic (exact) mass is 436 g/mol. The van der Waals surface area contributed by atoms with Crippen molar-refractivity contribution in [1.82, 2.24) is 5.32 Å². The summed E-state index contributed by atoms with van der Waals surface area (Å²) in [6.45, 7) is 10.7. The predicted molar refractivity (Wildman–Crippen MR) is 128 cm³/mol. The Balaban J connectivity index is 1.52. The number of nitro groups is 1. The van der Waals surface area contributed by atoms with Gasteiger partial charge in [0.15, 0.2) is 0 Å². The Kier molecular flexibility index (Phi) is 6.06. The molecule has 2 N–H and O–H groups in total. The van der Waals surface area contributed by atoms with Crippen LogP contribution in [0, 0.1) is 21.4 Å². The van der Waals surface area contributed by atoms with Crippen LogP contribution < -0.4 is 5.32 Å². The topological polar surface area (TPSA) is 75.4 Å². The number of phenolic OH excluding ortho intramolecular Hbond substituents is 1. The van der Waals surface area contributed by atoms with Crippen molar-refractivity contribution in [2.45, 2.75) is 77.7 Å². The summed E-state index contributed by atoms with van der Waals surface area (Å²) in [5.41, 5.74) is 5.44. The summed E-state index contributed by atoms with van der Waals surface area (Å²) in [5.74, 6) is 1.25. The van der Waals surface area contributed by atoms with Crippen LogP contribution in [0.3, 0.4) is 0 Å². The fourth-order valence-corrected chi connectivity index (χ4v) is 6.52. The SMILES string of the molecule is CC(C)c1ccc2c(c1)CC[C@@H]1[C@](C)(CNCc3cc([N+](=O)[O-])ccc3O)CCC[C@]21C. The Bertz CT molecular complexity index is 1020. The number of hydrogen-bond donors (Lipinski definition) is 2. The van der Waals surface area contributed by atoms with Crippen molar-refractivity contribution in [3.05, 3.63) is 68.8 Å². The maximum absolute atomic E-state index is 11.1. The maximum Gasteiger partial charge on any atom is 0.270 e. The van der Waals surface area contributed by atoms with Gasteiger partial charge in [0.1, 0.15) is 5.75 Å². The van der Waals surface area contributed by atoms with Gasteiger partial charge in [-0.05, 0) is 71.1 Å². The molecule has 32 heavy (non-hydrogen) atoms. The summed E-state index contributed by atoms with van der Waals surface area (Å²) in [6, 6.07) is 11.4. The number of hydrogen-bond acceptors (Lipinski definition) is 4. The second-order valence-corrected chi connectivity index (χ2v) is 10.8. The molecule has 0 saturated heterocycles. The van der Waals surface area contributed by atoms with Crippen molar-refractivity contribution >= 4 is 5.69 Å². The van der Waals surface area contributed by atoms with E-state index < -0.39 is 4.92 Å². The van der Waals surface area contributed by atoms with Gasteiger partial charge in [0.25, 0.3) is 5.69 Å². The highest BCUT2D eigenvalue weighted by Crippen LogP contribution is 2.57. The molecule has 0 aliphatic heterocycles. The molecule has 5 nitrogen and oxygen atoms in total. The minimum Gasteiger partial charge on any atom is -0.508 e. The maximum atomic E-state index is 11.1. The number of rotatable bonds is 6. The van der Waals surface area contributed by atoms with E-state index in [0.29, 0.717) is 23.9 Å². The third-order valence-corrected chi connectivity index (χ3v) is 8.29. The number of nitrogens with zero attached hydrogens (tertiary/aromatic N) is 1. The Labute approximate surface area is 191 Å². The zero-order valence-electron chi connectivity index (χ0n) is 19.8. The molecule has 2 aliphatic rings. The van der Waals surface area contributed by atoms with Crippen molar-refractivity contribution in [3.63, 3.8) is 0 Å². The molecule has 4 rings (SSSR count). The number of nitro benzene ring substituents is 1. The highest BCUT2D eigenvalue weighted by molar-refractivity contribution is 5.43. The van der Waals surface area contributed by atoms with Gasteiger partial charge >= 0.3 is 0 Å². The van der Waals surface area contributed by atoms with Gasteiger partial charge in [0.05, 0.1) is 4.92 Å². The van der Waals surface area contributed by atoms with Gasteiger partial charge in [0, 0.05) is 30.8 Å². The lowest BCUT2D eigenvalue weighted by Gasteiger charge is -2.55. The molecule has 1 saturated carbocycles. The Morgan fingerprint density at radius 1 is 1.19 bits per heavy atom. The Morgan fingerprint density at radius 2 is 1.97 bits per heavy atom. The fraction of sp³-hybridized carbons (Fsp3) is 0.556. The molecule has 0 amide bonds. The lowest BCUT2D eigenvalue weighted by Crippen LogP contribution is -2.52. The van der Waals surface area contributed by atoms with Crippen molar-refractivity contribution in [1.29, 1.82) is 0 Å². The molecule has 1 fully saturated rings. The lowest BCUT2D eigenvalue weighted by atomic mass is 9.49. The Morgan fingerprint density at radius 3 is 2.69 bits per heavy atom. The summed E-state index contributed by atoms with van der Waals surface area (Å²) in [7, 11) is 0. The van der Waals surface area contributed by atoms with Crippen LogP contribution >= 0.6 is 0 Å². The van der Waals surface area contributed by atoms with E-state index in [-0.39, 0.29) is 22.3 Å². The third-order valence-electron chi connectivity index (χ3n) is 8.29. The average molecular weight is 437 g/mol. The standard InChI is InChI=1S/C27H36N2O3/c1-18(2)19-6-9-23-20(14-19)7-11-25-26(3,12-5-13-27(23,25)4)17-28-16-21-15-22(29(31)32)8-10-24(21)30/h6,8-10,14-15,18,25,28,30H,5,7,11-13,16-17H2,1-4H3/t25-,26+,27-/m1/s1. The molecule has 3 atom stereocenters. The van der Waals surface area contributed by atoms with Crippen molar-refractivity contribution < 1.29 is 10.0 Å². The van der Waals surface area contributed by atoms with E-state index in [1.54, 1.807) is 5.56 Å². The van der Waals surface area contributed by atoms with Crippen LogP contribution in [0.4, 0.5) is 5.69 Å². The second kappa shape index (κ2) is 8.51. The van der Waals surface area contributed by atoms with Gasteiger partial charge in [-0.25, -0.2) is 0 Å². The van der Waals surface area contributed by atoms with Gasteiger partial charge in [-0.1, -0.05) is 52.3 Å². The molecule has 0 heterocycles. The molecule has 0 radical (unpaired) electrons. The predicted octanol–water partition coefficient (Wildman–Crippen LogP) is 6.22. The van der Waals surface area contributed by atoms with E-state index in [1.807, 2.05) is 0 Å². The smallest absolute Gasteiger partial charge is 0.270 e. The zero-order valence-corrected chi connectivity index (χ0v) is 19.8. The molecule has 2 aliphatic carbocycles. The molecule has 0 aromatic heterocycles. The largest absolute Gasteiger partial charge is 0.508 e. The fourth-order valence-electron chi connectivity index (χ4n) is 6.52. The van der Waals surface area contributed by atoms with Crippen molar-refractivity contribution in [3.8, 4) is 5.75 Å². The molecule has 0 unspecified atom stereocenters. The average Bonchev–Trinajstić information content (AvgIpc) is 2.74. The molecular formula is C27H36N2O3. The summed E-state index contributed by atoms with van der Waals surface area (Å²) in [5, 5.41) is 24.8. The van der Waals surface area contributed by atoms with Gasteiger partial charge < -0.3 is 10.4 Å². The quantitative estimate of drug-likeness (QED) is 0.416. The minimum atomic E-state index is -0.416. The van der Waals surface area contributed by atoms with Gasteiger partial charge in [-0.2, -0.15) is 0 Å². The van der Waals surface area contributed by atoms with E-state index in [1.165, 1.54) is 55.0 Å². The van der Waals surface area contributed by atoms with E-state index in [2.05, 4.69) is 51.2 Å². The van der Waals surface area contributed by atoms with Crippen LogP contribution in [-0.4, -0.2) is 16.6 Å². The van der Waals surface area contributed by atoms with E-state index >= 15 is 0 Å². The van der Waals surface area contributed by atoms with Crippen LogP contribution in [0.5, 0.6) is 5.75 Å². The number of phenols is 1. The summed E-state index contributed by atoms with van der Waals surface area (Å²) < 4.78 is 0. The zero-order chi connectivity index (χ0) is 23.1. The second-order valence-electron chi connectivity index (χ2n) is 10.8. The van der Waals surface area contributed by atoms with Crippen LogP contribution in [0.15, 0.2) is 36.4 Å². The number of fused-ring (bicyclic) bond motifs is 3. The van der Waals surface area contributed by atoms with E-state index in [4.69, 9.17) is 0 Å². The Hall–Kier alpha value is -2.40. The molecule has 5 heteroatoms. The first kappa shape index (κ1) is 22.8. The summed E-state index contributed by atoms with van der Waals surface area (Å²) in [4.78, 5) is 10.7. The van der Waals surface area contributed by atoms with Crippen LogP contribution in [0.2, 0.25) is 0 Å². The number of benzene rings is 2. The highest BCUT2D eigenvalue weighted by atomic mass is 16.6.